The number of carbonyl (C=O) groups excluding carboxylic acids is 1. The van der Waals surface area contributed by atoms with E-state index in [1.54, 1.807) is 4.57 Å². The maximum absolute atomic E-state index is 12.4. The Kier molecular flexibility index (Phi) is 5.11. The van der Waals surface area contributed by atoms with Gasteiger partial charge in [0.05, 0.1) is 5.75 Å². The number of benzene rings is 2. The summed E-state index contributed by atoms with van der Waals surface area (Å²) < 4.78 is 1.65. The van der Waals surface area contributed by atoms with Crippen molar-refractivity contribution in [2.75, 3.05) is 11.1 Å². The van der Waals surface area contributed by atoms with Crippen LogP contribution in [0.25, 0.3) is 0 Å². The van der Waals surface area contributed by atoms with Crippen LogP contribution in [0.4, 0.5) is 5.69 Å². The molecule has 1 saturated carbocycles. The van der Waals surface area contributed by atoms with Gasteiger partial charge in [0, 0.05) is 11.7 Å². The molecule has 0 radical (unpaired) electrons. The molecule has 1 aliphatic carbocycles. The van der Waals surface area contributed by atoms with E-state index in [9.17, 15) is 9.59 Å². The van der Waals surface area contributed by atoms with Crippen molar-refractivity contribution in [3.63, 3.8) is 0 Å². The molecule has 2 N–H and O–H groups in total. The standard InChI is InChI=1S/C20H20N4O2S/c25-18(13-27-20-23-22-19(26)24(20)16-10-11-16)21-17-9-5-4-8-15(17)12-14-6-2-1-3-7-14/h1-9,16H,10-13H2,(H,21,25)(H,22,26). The van der Waals surface area contributed by atoms with Crippen LogP contribution in [-0.4, -0.2) is 26.4 Å². The molecule has 0 spiro atoms. The number of rotatable bonds is 7. The molecular weight excluding hydrogens is 360 g/mol. The predicted octanol–water partition coefficient (Wildman–Crippen LogP) is 3.23. The molecule has 0 bridgehead atoms. The summed E-state index contributed by atoms with van der Waals surface area (Å²) in [5, 5.41) is 10.1. The van der Waals surface area contributed by atoms with Gasteiger partial charge < -0.3 is 5.32 Å². The number of H-pyrrole nitrogens is 1. The summed E-state index contributed by atoms with van der Waals surface area (Å²) in [6, 6.07) is 18.2. The van der Waals surface area contributed by atoms with Crippen molar-refractivity contribution in [3.05, 3.63) is 76.2 Å². The van der Waals surface area contributed by atoms with Crippen LogP contribution >= 0.6 is 11.8 Å². The van der Waals surface area contributed by atoms with Crippen LogP contribution in [-0.2, 0) is 11.2 Å². The minimum Gasteiger partial charge on any atom is -0.325 e. The van der Waals surface area contributed by atoms with Gasteiger partial charge in [0.15, 0.2) is 5.16 Å². The molecule has 0 saturated heterocycles. The number of amides is 1. The van der Waals surface area contributed by atoms with Gasteiger partial charge in [0.1, 0.15) is 0 Å². The van der Waals surface area contributed by atoms with E-state index in [1.165, 1.54) is 17.3 Å². The number of carbonyl (C=O) groups is 1. The Morgan fingerprint density at radius 1 is 1.15 bits per heavy atom. The Balaban J connectivity index is 1.41. The van der Waals surface area contributed by atoms with E-state index in [0.717, 1.165) is 30.5 Å². The average molecular weight is 380 g/mol. The summed E-state index contributed by atoms with van der Waals surface area (Å²) in [7, 11) is 0. The number of hydrogen-bond donors (Lipinski definition) is 2. The number of aromatic amines is 1. The smallest absolute Gasteiger partial charge is 0.325 e. The summed E-state index contributed by atoms with van der Waals surface area (Å²) in [5.74, 6) is 0.0924. The second kappa shape index (κ2) is 7.84. The van der Waals surface area contributed by atoms with Crippen molar-refractivity contribution in [3.8, 4) is 0 Å². The van der Waals surface area contributed by atoms with Crippen molar-refractivity contribution >= 4 is 23.4 Å². The summed E-state index contributed by atoms with van der Waals surface area (Å²) in [4.78, 5) is 24.2. The summed E-state index contributed by atoms with van der Waals surface area (Å²) in [6.45, 7) is 0. The number of nitrogens with zero attached hydrogens (tertiary/aromatic N) is 2. The Bertz CT molecular complexity index is 992. The first kappa shape index (κ1) is 17.6. The number of para-hydroxylation sites is 1. The summed E-state index contributed by atoms with van der Waals surface area (Å²) in [6.07, 6.45) is 2.74. The molecule has 7 heteroatoms. The lowest BCUT2D eigenvalue weighted by Crippen LogP contribution is -2.18. The number of nitrogens with one attached hydrogen (secondary N) is 2. The van der Waals surface area contributed by atoms with Crippen molar-refractivity contribution in [1.82, 2.24) is 14.8 Å². The van der Waals surface area contributed by atoms with Gasteiger partial charge in [-0.05, 0) is 36.5 Å². The van der Waals surface area contributed by atoms with Crippen LogP contribution in [0.5, 0.6) is 0 Å². The third-order valence-corrected chi connectivity index (χ3v) is 5.40. The van der Waals surface area contributed by atoms with Gasteiger partial charge in [-0.25, -0.2) is 9.89 Å². The van der Waals surface area contributed by atoms with E-state index in [1.807, 2.05) is 42.5 Å². The van der Waals surface area contributed by atoms with E-state index in [4.69, 9.17) is 0 Å². The van der Waals surface area contributed by atoms with Crippen molar-refractivity contribution in [2.45, 2.75) is 30.5 Å². The minimum atomic E-state index is -0.200. The van der Waals surface area contributed by atoms with Gasteiger partial charge in [0.2, 0.25) is 5.91 Å². The van der Waals surface area contributed by atoms with Gasteiger partial charge in [-0.1, -0.05) is 60.3 Å². The van der Waals surface area contributed by atoms with Crippen LogP contribution in [0.2, 0.25) is 0 Å². The first-order valence-corrected chi connectivity index (χ1v) is 9.90. The zero-order valence-corrected chi connectivity index (χ0v) is 15.5. The molecule has 4 rings (SSSR count). The normalized spacial score (nSPS) is 13.5. The van der Waals surface area contributed by atoms with Crippen molar-refractivity contribution < 1.29 is 4.79 Å². The molecule has 1 amide bonds. The first-order chi connectivity index (χ1) is 13.2. The fraction of sp³-hybridized carbons (Fsp3) is 0.250. The molecule has 6 nitrogen and oxygen atoms in total. The van der Waals surface area contributed by atoms with Crippen LogP contribution in [0.1, 0.15) is 30.0 Å². The SMILES string of the molecule is O=C(CSc1n[nH]c(=O)n1C1CC1)Nc1ccccc1Cc1ccccc1. The zero-order chi connectivity index (χ0) is 18.6. The molecule has 0 unspecified atom stereocenters. The maximum atomic E-state index is 12.4. The molecule has 27 heavy (non-hydrogen) atoms. The third-order valence-electron chi connectivity index (χ3n) is 4.45. The number of thioether (sulfide) groups is 1. The fourth-order valence-electron chi connectivity index (χ4n) is 2.98. The second-order valence-corrected chi connectivity index (χ2v) is 7.51. The molecule has 3 aromatic rings. The quantitative estimate of drug-likeness (QED) is 0.617. The lowest BCUT2D eigenvalue weighted by Gasteiger charge is -2.11. The molecule has 1 aliphatic rings. The lowest BCUT2D eigenvalue weighted by atomic mass is 10.0. The first-order valence-electron chi connectivity index (χ1n) is 8.92. The monoisotopic (exact) mass is 380 g/mol. The van der Waals surface area contributed by atoms with Gasteiger partial charge in [-0.15, -0.1) is 5.10 Å². The molecule has 1 heterocycles. The lowest BCUT2D eigenvalue weighted by molar-refractivity contribution is -0.113. The van der Waals surface area contributed by atoms with Crippen molar-refractivity contribution in [1.29, 1.82) is 0 Å². The van der Waals surface area contributed by atoms with Gasteiger partial charge in [-0.3, -0.25) is 9.36 Å². The van der Waals surface area contributed by atoms with Crippen LogP contribution in [0.3, 0.4) is 0 Å². The number of anilines is 1. The van der Waals surface area contributed by atoms with Crippen LogP contribution in [0.15, 0.2) is 64.5 Å². The van der Waals surface area contributed by atoms with Gasteiger partial charge in [-0.2, -0.15) is 0 Å². The van der Waals surface area contributed by atoms with E-state index in [2.05, 4.69) is 27.6 Å². The highest BCUT2D eigenvalue weighted by Gasteiger charge is 2.28. The largest absolute Gasteiger partial charge is 0.344 e. The van der Waals surface area contributed by atoms with Crippen molar-refractivity contribution in [2.24, 2.45) is 0 Å². The number of aromatic nitrogens is 3. The molecular formula is C20H20N4O2S. The highest BCUT2D eigenvalue weighted by Crippen LogP contribution is 2.36. The zero-order valence-electron chi connectivity index (χ0n) is 14.7. The van der Waals surface area contributed by atoms with E-state index in [0.29, 0.717) is 5.16 Å². The Labute approximate surface area is 161 Å². The predicted molar refractivity (Wildman–Crippen MR) is 106 cm³/mol. The van der Waals surface area contributed by atoms with Gasteiger partial charge in [0.25, 0.3) is 0 Å². The second-order valence-electron chi connectivity index (χ2n) is 6.57. The van der Waals surface area contributed by atoms with Crippen LogP contribution in [0, 0.1) is 0 Å². The average Bonchev–Trinajstić information content (AvgIpc) is 3.45. The Morgan fingerprint density at radius 2 is 1.89 bits per heavy atom. The summed E-state index contributed by atoms with van der Waals surface area (Å²) >= 11 is 1.28. The van der Waals surface area contributed by atoms with Gasteiger partial charge >= 0.3 is 5.69 Å². The molecule has 1 fully saturated rings. The van der Waals surface area contributed by atoms with Crippen LogP contribution < -0.4 is 11.0 Å². The Hall–Kier alpha value is -2.80. The van der Waals surface area contributed by atoms with E-state index < -0.39 is 0 Å². The highest BCUT2D eigenvalue weighted by atomic mass is 32.2. The molecule has 2 aromatic carbocycles. The highest BCUT2D eigenvalue weighted by molar-refractivity contribution is 7.99. The molecule has 1 aromatic heterocycles. The molecule has 138 valence electrons. The molecule has 0 aliphatic heterocycles. The molecule has 0 atom stereocenters. The third kappa shape index (κ3) is 4.31. The Morgan fingerprint density at radius 3 is 2.67 bits per heavy atom. The number of hydrogen-bond acceptors (Lipinski definition) is 4. The summed E-state index contributed by atoms with van der Waals surface area (Å²) in [5.41, 5.74) is 2.87. The minimum absolute atomic E-state index is 0.113. The topological polar surface area (TPSA) is 79.8 Å². The van der Waals surface area contributed by atoms with E-state index in [-0.39, 0.29) is 23.4 Å². The van der Waals surface area contributed by atoms with E-state index >= 15 is 0 Å². The fourth-order valence-corrected chi connectivity index (χ4v) is 3.79. The maximum Gasteiger partial charge on any atom is 0.344 e.